The lowest BCUT2D eigenvalue weighted by atomic mass is 9.90. The van der Waals surface area contributed by atoms with E-state index in [-0.39, 0.29) is 23.7 Å². The first kappa shape index (κ1) is 10.0. The molecule has 1 amide bonds. The van der Waals surface area contributed by atoms with Crippen LogP contribution < -0.4 is 5.32 Å². The van der Waals surface area contributed by atoms with Gasteiger partial charge >= 0.3 is 5.97 Å². The summed E-state index contributed by atoms with van der Waals surface area (Å²) < 4.78 is 4.90. The van der Waals surface area contributed by atoms with Gasteiger partial charge < -0.3 is 10.1 Å². The van der Waals surface area contributed by atoms with Gasteiger partial charge in [0.15, 0.2) is 0 Å². The Hall–Kier alpha value is -1.06. The average Bonchev–Trinajstić information content (AvgIpc) is 2.46. The molecule has 4 nitrogen and oxygen atoms in total. The first-order valence-electron chi connectivity index (χ1n) is 4.56. The summed E-state index contributed by atoms with van der Waals surface area (Å²) in [5.41, 5.74) is 0. The van der Waals surface area contributed by atoms with Crippen LogP contribution in [-0.4, -0.2) is 25.5 Å². The minimum absolute atomic E-state index is 0.0262. The van der Waals surface area contributed by atoms with Gasteiger partial charge in [-0.25, -0.2) is 0 Å². The fourth-order valence-electron chi connectivity index (χ4n) is 1.65. The maximum atomic E-state index is 11.1. The van der Waals surface area contributed by atoms with E-state index in [0.717, 1.165) is 6.42 Å². The molecule has 0 aromatic carbocycles. The Morgan fingerprint density at radius 1 is 1.69 bits per heavy atom. The lowest BCUT2D eigenvalue weighted by molar-refractivity contribution is -0.141. The zero-order valence-electron chi connectivity index (χ0n) is 8.00. The largest absolute Gasteiger partial charge is 0.465 e. The third-order valence-corrected chi connectivity index (χ3v) is 2.48. The number of ether oxygens (including phenoxy) is 1. The van der Waals surface area contributed by atoms with Crippen LogP contribution >= 0.6 is 0 Å². The molecule has 1 rings (SSSR count). The van der Waals surface area contributed by atoms with Gasteiger partial charge in [0.05, 0.1) is 12.5 Å². The molecule has 0 bridgehead atoms. The highest BCUT2D eigenvalue weighted by Crippen LogP contribution is 2.27. The fraction of sp³-hybridized carbons (Fsp3) is 0.778. The molecule has 13 heavy (non-hydrogen) atoms. The monoisotopic (exact) mass is 185 g/mol. The van der Waals surface area contributed by atoms with Crippen LogP contribution in [0.4, 0.5) is 0 Å². The molecule has 1 heterocycles. The lowest BCUT2D eigenvalue weighted by Crippen LogP contribution is -2.25. The van der Waals surface area contributed by atoms with Gasteiger partial charge in [-0.05, 0) is 6.42 Å². The van der Waals surface area contributed by atoms with Crippen molar-refractivity contribution in [2.75, 3.05) is 13.7 Å². The summed E-state index contributed by atoms with van der Waals surface area (Å²) in [5.74, 6) is -0.201. The van der Waals surface area contributed by atoms with Gasteiger partial charge in [0.2, 0.25) is 5.91 Å². The molecule has 1 saturated heterocycles. The van der Waals surface area contributed by atoms with Crippen LogP contribution in [0.1, 0.15) is 19.8 Å². The van der Waals surface area contributed by atoms with Crippen molar-refractivity contribution in [2.45, 2.75) is 19.8 Å². The van der Waals surface area contributed by atoms with Crippen molar-refractivity contribution in [3.05, 3.63) is 0 Å². The molecule has 1 aliphatic rings. The number of carbonyl (C=O) groups excluding carboxylic acids is 2. The number of nitrogens with one attached hydrogen (secondary N) is 1. The fourth-order valence-corrected chi connectivity index (χ4v) is 1.65. The van der Waals surface area contributed by atoms with E-state index in [0.29, 0.717) is 13.0 Å². The Bertz CT molecular complexity index is 215. The third-order valence-electron chi connectivity index (χ3n) is 2.48. The maximum absolute atomic E-state index is 11.1. The number of amides is 1. The van der Waals surface area contributed by atoms with E-state index in [9.17, 15) is 9.59 Å². The van der Waals surface area contributed by atoms with Crippen molar-refractivity contribution in [1.29, 1.82) is 0 Å². The van der Waals surface area contributed by atoms with Crippen molar-refractivity contribution in [3.8, 4) is 0 Å². The lowest BCUT2D eigenvalue weighted by Gasteiger charge is -2.11. The molecule has 0 radical (unpaired) electrons. The second kappa shape index (κ2) is 4.25. The number of hydrogen-bond acceptors (Lipinski definition) is 3. The van der Waals surface area contributed by atoms with E-state index >= 15 is 0 Å². The standard InChI is InChI=1S/C9H15NO3/c1-3-7-6(4-8(11)10-2)5-13-9(7)12/h6-7H,3-5H2,1-2H3,(H,10,11). The van der Waals surface area contributed by atoms with Gasteiger partial charge in [0, 0.05) is 19.4 Å². The molecule has 2 atom stereocenters. The van der Waals surface area contributed by atoms with Crippen molar-refractivity contribution >= 4 is 11.9 Å². The van der Waals surface area contributed by atoms with E-state index in [1.165, 1.54) is 0 Å². The Balaban J connectivity index is 2.50. The summed E-state index contributed by atoms with van der Waals surface area (Å²) in [4.78, 5) is 22.2. The molecular formula is C9H15NO3. The van der Waals surface area contributed by atoms with Crippen LogP contribution in [0.3, 0.4) is 0 Å². The number of cyclic esters (lactones) is 1. The predicted molar refractivity (Wildman–Crippen MR) is 46.9 cm³/mol. The summed E-state index contributed by atoms with van der Waals surface area (Å²) in [6.45, 7) is 2.33. The number of carbonyl (C=O) groups is 2. The van der Waals surface area contributed by atoms with Gasteiger partial charge in [-0.15, -0.1) is 0 Å². The van der Waals surface area contributed by atoms with Gasteiger partial charge in [-0.3, -0.25) is 9.59 Å². The quantitative estimate of drug-likeness (QED) is 0.644. The average molecular weight is 185 g/mol. The maximum Gasteiger partial charge on any atom is 0.309 e. The second-order valence-corrected chi connectivity index (χ2v) is 3.28. The summed E-state index contributed by atoms with van der Waals surface area (Å²) in [5, 5.41) is 2.55. The zero-order chi connectivity index (χ0) is 9.84. The van der Waals surface area contributed by atoms with Crippen molar-refractivity contribution in [3.63, 3.8) is 0 Å². The highest BCUT2D eigenvalue weighted by molar-refractivity contribution is 5.79. The van der Waals surface area contributed by atoms with Crippen molar-refractivity contribution in [1.82, 2.24) is 5.32 Å². The zero-order valence-corrected chi connectivity index (χ0v) is 8.00. The molecular weight excluding hydrogens is 170 g/mol. The SMILES string of the molecule is CCC1C(=O)OCC1CC(=O)NC. The predicted octanol–water partition coefficient (Wildman–Crippen LogP) is 0.322. The van der Waals surface area contributed by atoms with Crippen LogP contribution in [0.5, 0.6) is 0 Å². The van der Waals surface area contributed by atoms with Gasteiger partial charge in [0.1, 0.15) is 0 Å². The highest BCUT2D eigenvalue weighted by Gasteiger charge is 2.36. The molecule has 74 valence electrons. The van der Waals surface area contributed by atoms with Gasteiger partial charge in [-0.1, -0.05) is 6.92 Å². The summed E-state index contributed by atoms with van der Waals surface area (Å²) in [6, 6.07) is 0. The number of esters is 1. The highest BCUT2D eigenvalue weighted by atomic mass is 16.5. The van der Waals surface area contributed by atoms with Crippen LogP contribution in [0.2, 0.25) is 0 Å². The third kappa shape index (κ3) is 2.20. The molecule has 0 aromatic heterocycles. The van der Waals surface area contributed by atoms with E-state index in [1.807, 2.05) is 6.92 Å². The van der Waals surface area contributed by atoms with E-state index in [4.69, 9.17) is 4.74 Å². The second-order valence-electron chi connectivity index (χ2n) is 3.28. The Morgan fingerprint density at radius 3 is 2.92 bits per heavy atom. The molecule has 0 aliphatic carbocycles. The van der Waals surface area contributed by atoms with Crippen LogP contribution in [0.15, 0.2) is 0 Å². The van der Waals surface area contributed by atoms with E-state index < -0.39 is 0 Å². The summed E-state index contributed by atoms with van der Waals surface area (Å²) >= 11 is 0. The van der Waals surface area contributed by atoms with Crippen molar-refractivity contribution < 1.29 is 14.3 Å². The minimum atomic E-state index is -0.156. The smallest absolute Gasteiger partial charge is 0.309 e. The minimum Gasteiger partial charge on any atom is -0.465 e. The molecule has 1 aliphatic heterocycles. The molecule has 0 spiro atoms. The Labute approximate surface area is 77.6 Å². The van der Waals surface area contributed by atoms with Gasteiger partial charge in [0.25, 0.3) is 0 Å². The molecule has 2 unspecified atom stereocenters. The molecule has 0 saturated carbocycles. The normalized spacial score (nSPS) is 27.1. The first-order chi connectivity index (χ1) is 6.19. The summed E-state index contributed by atoms with van der Waals surface area (Å²) in [6.07, 6.45) is 1.14. The molecule has 0 aromatic rings. The van der Waals surface area contributed by atoms with E-state index in [1.54, 1.807) is 7.05 Å². The molecule has 1 N–H and O–H groups in total. The van der Waals surface area contributed by atoms with Crippen LogP contribution in [0.25, 0.3) is 0 Å². The van der Waals surface area contributed by atoms with Crippen LogP contribution in [-0.2, 0) is 14.3 Å². The van der Waals surface area contributed by atoms with Crippen molar-refractivity contribution in [2.24, 2.45) is 11.8 Å². The topological polar surface area (TPSA) is 55.4 Å². The Morgan fingerprint density at radius 2 is 2.38 bits per heavy atom. The number of hydrogen-bond donors (Lipinski definition) is 1. The molecule has 4 heteroatoms. The summed E-state index contributed by atoms with van der Waals surface area (Å²) in [7, 11) is 1.60. The Kier molecular flexibility index (Phi) is 3.28. The van der Waals surface area contributed by atoms with Gasteiger partial charge in [-0.2, -0.15) is 0 Å². The molecule has 1 fully saturated rings. The first-order valence-corrected chi connectivity index (χ1v) is 4.56. The van der Waals surface area contributed by atoms with E-state index in [2.05, 4.69) is 5.32 Å². The van der Waals surface area contributed by atoms with Crippen LogP contribution in [0, 0.1) is 11.8 Å². The number of rotatable bonds is 3.